The molecule has 0 aliphatic heterocycles. The predicted octanol–water partition coefficient (Wildman–Crippen LogP) is 5.27. The summed E-state index contributed by atoms with van der Waals surface area (Å²) in [4.78, 5) is 0. The first-order chi connectivity index (χ1) is 12.6. The molecule has 2 N–H and O–H groups in total. The first-order valence-corrected chi connectivity index (χ1v) is 11.3. The van der Waals surface area contributed by atoms with Crippen LogP contribution in [0, 0.1) is 46.3 Å². The summed E-state index contributed by atoms with van der Waals surface area (Å²) in [7, 11) is 0. The van der Waals surface area contributed by atoms with Crippen LogP contribution in [0.2, 0.25) is 0 Å². The molecule has 4 aliphatic rings. The van der Waals surface area contributed by atoms with Crippen molar-refractivity contribution in [3.8, 4) is 0 Å². The van der Waals surface area contributed by atoms with Gasteiger partial charge < -0.3 is 10.2 Å². The minimum atomic E-state index is -2.60. The van der Waals surface area contributed by atoms with Gasteiger partial charge in [-0.05, 0) is 91.8 Å². The second-order valence-corrected chi connectivity index (χ2v) is 11.1. The Morgan fingerprint density at radius 2 is 1.67 bits per heavy atom. The highest BCUT2D eigenvalue weighted by molar-refractivity contribution is 5.13. The molecule has 0 spiro atoms. The average Bonchev–Trinajstić information content (AvgIpc) is 2.93. The highest BCUT2D eigenvalue weighted by Gasteiger charge is 2.68. The van der Waals surface area contributed by atoms with Crippen molar-refractivity contribution in [2.75, 3.05) is 6.61 Å². The van der Waals surface area contributed by atoms with Gasteiger partial charge in [0.05, 0.1) is 6.10 Å². The van der Waals surface area contributed by atoms with E-state index in [4.69, 9.17) is 0 Å². The number of aliphatic hydroxyl groups excluding tert-OH is 2. The molecular weight excluding hydrogens is 346 g/mol. The van der Waals surface area contributed by atoms with E-state index < -0.39 is 11.8 Å². The van der Waals surface area contributed by atoms with E-state index in [1.807, 2.05) is 0 Å². The van der Waals surface area contributed by atoms with Crippen molar-refractivity contribution in [3.05, 3.63) is 0 Å². The van der Waals surface area contributed by atoms with Crippen LogP contribution in [0.25, 0.3) is 0 Å². The second-order valence-electron chi connectivity index (χ2n) is 11.1. The molecule has 4 heteroatoms. The van der Waals surface area contributed by atoms with Gasteiger partial charge >= 0.3 is 0 Å². The molecule has 4 rings (SSSR count). The minimum Gasteiger partial charge on any atom is -0.396 e. The Hall–Kier alpha value is -0.220. The number of rotatable bonds is 3. The zero-order valence-electron chi connectivity index (χ0n) is 17.3. The topological polar surface area (TPSA) is 40.5 Å². The van der Waals surface area contributed by atoms with Crippen molar-refractivity contribution in [1.29, 1.82) is 0 Å². The first kappa shape index (κ1) is 20.1. The van der Waals surface area contributed by atoms with Gasteiger partial charge in [0, 0.05) is 18.9 Å². The summed E-state index contributed by atoms with van der Waals surface area (Å²) in [5.41, 5.74) is -0.0295. The van der Waals surface area contributed by atoms with E-state index in [9.17, 15) is 10.2 Å². The lowest BCUT2D eigenvalue weighted by Gasteiger charge is -2.63. The predicted molar refractivity (Wildman–Crippen MR) is 102 cm³/mol. The van der Waals surface area contributed by atoms with Crippen molar-refractivity contribution in [3.63, 3.8) is 0 Å². The van der Waals surface area contributed by atoms with E-state index in [2.05, 4.69) is 20.8 Å². The van der Waals surface area contributed by atoms with Crippen LogP contribution in [0.3, 0.4) is 0 Å². The third kappa shape index (κ3) is 2.91. The molecule has 0 amide bonds. The van der Waals surface area contributed by atoms with Gasteiger partial charge in [0.2, 0.25) is 0 Å². The third-order valence-corrected chi connectivity index (χ3v) is 9.97. The summed E-state index contributed by atoms with van der Waals surface area (Å²) in [5, 5.41) is 19.5. The van der Waals surface area contributed by atoms with Crippen LogP contribution >= 0.6 is 0 Å². The number of hydrogen-bond donors (Lipinski definition) is 2. The normalized spacial score (nSPS) is 52.6. The Bertz CT molecular complexity index is 567. The van der Waals surface area contributed by atoms with Crippen LogP contribution in [0.5, 0.6) is 0 Å². The lowest BCUT2D eigenvalue weighted by atomic mass is 9.43. The van der Waals surface area contributed by atoms with Crippen LogP contribution in [0.1, 0.15) is 78.6 Å². The monoisotopic (exact) mass is 384 g/mol. The zero-order valence-corrected chi connectivity index (χ0v) is 17.3. The lowest BCUT2D eigenvalue weighted by Crippen LogP contribution is -2.61. The number of halogens is 2. The number of hydrogen-bond acceptors (Lipinski definition) is 2. The van der Waals surface area contributed by atoms with Gasteiger partial charge in [0.15, 0.2) is 0 Å². The summed E-state index contributed by atoms with van der Waals surface area (Å²) in [6.45, 7) is 6.96. The molecule has 0 aromatic heterocycles. The van der Waals surface area contributed by atoms with E-state index >= 15 is 8.78 Å². The fourth-order valence-electron chi connectivity index (χ4n) is 8.51. The quantitative estimate of drug-likeness (QED) is 0.696. The second kappa shape index (κ2) is 6.65. The molecule has 4 aliphatic carbocycles. The summed E-state index contributed by atoms with van der Waals surface area (Å²) < 4.78 is 31.1. The molecular formula is C23H38F2O2. The molecule has 4 fully saturated rings. The van der Waals surface area contributed by atoms with E-state index in [1.54, 1.807) is 0 Å². The molecule has 9 atom stereocenters. The summed E-state index contributed by atoms with van der Waals surface area (Å²) in [5.74, 6) is -2.04. The van der Waals surface area contributed by atoms with Crippen LogP contribution in [-0.4, -0.2) is 28.8 Å². The fourth-order valence-corrected chi connectivity index (χ4v) is 8.51. The number of fused-ring (bicyclic) bond motifs is 5. The van der Waals surface area contributed by atoms with Gasteiger partial charge in [0.25, 0.3) is 5.92 Å². The molecule has 2 nitrogen and oxygen atoms in total. The SMILES string of the molecule is C[C@H](CCO)[C@H]1CCC2C3C(CC[C@@]21C)[C@@]1(C)CC[C@@H](O)C[C@H]1CC3(F)F. The van der Waals surface area contributed by atoms with Gasteiger partial charge in [-0.15, -0.1) is 0 Å². The maximum Gasteiger partial charge on any atom is 0.251 e. The van der Waals surface area contributed by atoms with Crippen molar-refractivity contribution in [1.82, 2.24) is 0 Å². The maximum atomic E-state index is 15.6. The fraction of sp³-hybridized carbons (Fsp3) is 1.00. The molecule has 0 saturated heterocycles. The van der Waals surface area contributed by atoms with Crippen molar-refractivity contribution >= 4 is 0 Å². The first-order valence-electron chi connectivity index (χ1n) is 11.3. The lowest BCUT2D eigenvalue weighted by molar-refractivity contribution is -0.238. The van der Waals surface area contributed by atoms with Crippen molar-refractivity contribution in [2.45, 2.75) is 90.6 Å². The molecule has 0 radical (unpaired) electrons. The molecule has 0 aromatic carbocycles. The largest absolute Gasteiger partial charge is 0.396 e. The highest BCUT2D eigenvalue weighted by atomic mass is 19.3. The average molecular weight is 385 g/mol. The number of alkyl halides is 2. The number of aliphatic hydroxyl groups is 2. The summed E-state index contributed by atoms with van der Waals surface area (Å²) in [6.07, 6.45) is 6.56. The van der Waals surface area contributed by atoms with E-state index in [0.29, 0.717) is 18.3 Å². The van der Waals surface area contributed by atoms with Crippen LogP contribution in [0.4, 0.5) is 8.78 Å². The van der Waals surface area contributed by atoms with Gasteiger partial charge in [-0.25, -0.2) is 8.78 Å². The molecule has 27 heavy (non-hydrogen) atoms. The maximum absolute atomic E-state index is 15.6. The Balaban J connectivity index is 1.66. The van der Waals surface area contributed by atoms with Crippen molar-refractivity contribution < 1.29 is 19.0 Å². The zero-order chi connectivity index (χ0) is 19.6. The molecule has 0 heterocycles. The highest BCUT2D eigenvalue weighted by Crippen LogP contribution is 2.71. The van der Waals surface area contributed by atoms with Gasteiger partial charge in [-0.3, -0.25) is 0 Å². The van der Waals surface area contributed by atoms with E-state index in [1.165, 1.54) is 0 Å². The molecule has 156 valence electrons. The smallest absolute Gasteiger partial charge is 0.251 e. The van der Waals surface area contributed by atoms with Crippen LogP contribution in [-0.2, 0) is 0 Å². The van der Waals surface area contributed by atoms with E-state index in [0.717, 1.165) is 44.9 Å². The van der Waals surface area contributed by atoms with Gasteiger partial charge in [-0.1, -0.05) is 20.8 Å². The van der Waals surface area contributed by atoms with Crippen LogP contribution < -0.4 is 0 Å². The Morgan fingerprint density at radius 1 is 1.00 bits per heavy atom. The summed E-state index contributed by atoms with van der Waals surface area (Å²) in [6, 6.07) is 0. The molecule has 0 bridgehead atoms. The Kier molecular flexibility index (Phi) is 4.94. The molecule has 0 aromatic rings. The Labute approximate surface area is 163 Å². The standard InChI is InChI=1S/C23H38F2O2/c1-14(8-11-26)17-4-5-18-20-19(7-10-22(17,18)3)21(2)9-6-16(27)12-15(21)13-23(20,24)25/h14-20,26-27H,4-13H2,1-3H3/t14-,15+,16-,17-,18?,19?,20?,21+,22-/m1/s1. The molecule has 3 unspecified atom stereocenters. The third-order valence-electron chi connectivity index (χ3n) is 9.97. The van der Waals surface area contributed by atoms with Gasteiger partial charge in [0.1, 0.15) is 0 Å². The summed E-state index contributed by atoms with van der Waals surface area (Å²) >= 11 is 0. The Morgan fingerprint density at radius 3 is 2.37 bits per heavy atom. The molecule has 4 saturated carbocycles. The van der Waals surface area contributed by atoms with Gasteiger partial charge in [-0.2, -0.15) is 0 Å². The van der Waals surface area contributed by atoms with Crippen LogP contribution in [0.15, 0.2) is 0 Å². The minimum absolute atomic E-state index is 0.00341. The van der Waals surface area contributed by atoms with Crippen molar-refractivity contribution in [2.24, 2.45) is 46.3 Å². The van der Waals surface area contributed by atoms with E-state index in [-0.39, 0.29) is 47.7 Å².